The fourth-order valence-electron chi connectivity index (χ4n) is 2.51. The van der Waals surface area contributed by atoms with Gasteiger partial charge in [-0.3, -0.25) is 4.79 Å². The van der Waals surface area contributed by atoms with Gasteiger partial charge in [-0.1, -0.05) is 18.2 Å². The summed E-state index contributed by atoms with van der Waals surface area (Å²) in [6.45, 7) is 1.24. The summed E-state index contributed by atoms with van der Waals surface area (Å²) in [6.07, 6.45) is 1.55. The van der Waals surface area contributed by atoms with Gasteiger partial charge in [-0.05, 0) is 24.8 Å². The van der Waals surface area contributed by atoms with Crippen LogP contribution in [-0.4, -0.2) is 35.1 Å². The second-order valence-electron chi connectivity index (χ2n) is 5.28. The van der Waals surface area contributed by atoms with E-state index >= 15 is 0 Å². The van der Waals surface area contributed by atoms with Gasteiger partial charge in [-0.15, -0.1) is 0 Å². The van der Waals surface area contributed by atoms with Crippen molar-refractivity contribution in [1.82, 2.24) is 10.2 Å². The Morgan fingerprint density at radius 2 is 1.95 bits per heavy atom. The molecule has 5 nitrogen and oxygen atoms in total. The van der Waals surface area contributed by atoms with Crippen LogP contribution in [0.1, 0.15) is 24.8 Å². The third-order valence-electron chi connectivity index (χ3n) is 3.75. The maximum atomic E-state index is 13.4. The molecule has 1 heterocycles. The van der Waals surface area contributed by atoms with Crippen molar-refractivity contribution in [2.45, 2.75) is 25.8 Å². The molecule has 114 valence electrons. The molecule has 21 heavy (non-hydrogen) atoms. The molecule has 1 fully saturated rings. The first-order chi connectivity index (χ1) is 10.1. The van der Waals surface area contributed by atoms with Crippen LogP contribution in [0, 0.1) is 11.7 Å². The van der Waals surface area contributed by atoms with E-state index in [4.69, 9.17) is 5.11 Å². The van der Waals surface area contributed by atoms with E-state index < -0.39 is 5.97 Å². The number of carboxylic acid groups (broad SMARTS) is 1. The van der Waals surface area contributed by atoms with Gasteiger partial charge in [-0.2, -0.15) is 0 Å². The zero-order valence-electron chi connectivity index (χ0n) is 11.7. The Hall–Kier alpha value is -2.11. The Kier molecular flexibility index (Phi) is 5.14. The standard InChI is InChI=1S/C15H19FN2O3/c16-13-4-2-1-3-12(13)10-17-15(21)18-7-5-11(6-8-18)9-14(19)20/h1-4,11H,5-10H2,(H,17,21)(H,19,20). The topological polar surface area (TPSA) is 69.6 Å². The molecular weight excluding hydrogens is 275 g/mol. The van der Waals surface area contributed by atoms with Crippen LogP contribution in [0.15, 0.2) is 24.3 Å². The number of carbonyl (C=O) groups excluding carboxylic acids is 1. The molecule has 1 saturated heterocycles. The highest BCUT2D eigenvalue weighted by Gasteiger charge is 2.24. The van der Waals surface area contributed by atoms with Crippen molar-refractivity contribution in [3.63, 3.8) is 0 Å². The van der Waals surface area contributed by atoms with Gasteiger partial charge in [0.05, 0.1) is 0 Å². The second-order valence-corrected chi connectivity index (χ2v) is 5.28. The average Bonchev–Trinajstić information content (AvgIpc) is 2.46. The number of piperidine rings is 1. The molecule has 0 bridgehead atoms. The Morgan fingerprint density at radius 3 is 2.57 bits per heavy atom. The minimum atomic E-state index is -0.794. The first-order valence-corrected chi connectivity index (χ1v) is 7.04. The number of rotatable bonds is 4. The molecule has 6 heteroatoms. The molecule has 0 radical (unpaired) electrons. The molecule has 0 aromatic heterocycles. The Morgan fingerprint density at radius 1 is 1.29 bits per heavy atom. The number of halogens is 1. The van der Waals surface area contributed by atoms with Crippen molar-refractivity contribution in [3.05, 3.63) is 35.6 Å². The molecular formula is C15H19FN2O3. The summed E-state index contributed by atoms with van der Waals surface area (Å²) in [5.41, 5.74) is 0.451. The van der Waals surface area contributed by atoms with Crippen LogP contribution >= 0.6 is 0 Å². The maximum absolute atomic E-state index is 13.4. The number of benzene rings is 1. The summed E-state index contributed by atoms with van der Waals surface area (Å²) >= 11 is 0. The van der Waals surface area contributed by atoms with E-state index in [1.165, 1.54) is 6.07 Å². The number of hydrogen-bond acceptors (Lipinski definition) is 2. The van der Waals surface area contributed by atoms with Crippen molar-refractivity contribution in [2.75, 3.05) is 13.1 Å². The van der Waals surface area contributed by atoms with Gasteiger partial charge in [0.2, 0.25) is 0 Å². The predicted molar refractivity (Wildman–Crippen MR) is 75.2 cm³/mol. The molecule has 1 aliphatic rings. The number of carbonyl (C=O) groups is 2. The maximum Gasteiger partial charge on any atom is 0.317 e. The highest BCUT2D eigenvalue weighted by molar-refractivity contribution is 5.74. The third kappa shape index (κ3) is 4.44. The molecule has 2 rings (SSSR count). The van der Waals surface area contributed by atoms with Gasteiger partial charge < -0.3 is 15.3 Å². The van der Waals surface area contributed by atoms with Crippen molar-refractivity contribution < 1.29 is 19.1 Å². The number of nitrogens with zero attached hydrogens (tertiary/aromatic N) is 1. The van der Waals surface area contributed by atoms with Crippen molar-refractivity contribution >= 4 is 12.0 Å². The van der Waals surface area contributed by atoms with Crippen LogP contribution in [0.3, 0.4) is 0 Å². The number of likely N-dealkylation sites (tertiary alicyclic amines) is 1. The number of carboxylic acids is 1. The van der Waals surface area contributed by atoms with E-state index in [-0.39, 0.29) is 30.7 Å². The van der Waals surface area contributed by atoms with Crippen LogP contribution in [0.4, 0.5) is 9.18 Å². The zero-order chi connectivity index (χ0) is 15.2. The fourth-order valence-corrected chi connectivity index (χ4v) is 2.51. The fraction of sp³-hybridized carbons (Fsp3) is 0.467. The number of amides is 2. The number of nitrogens with one attached hydrogen (secondary N) is 1. The Balaban J connectivity index is 1.77. The highest BCUT2D eigenvalue weighted by atomic mass is 19.1. The minimum Gasteiger partial charge on any atom is -0.481 e. The van der Waals surface area contributed by atoms with Gasteiger partial charge >= 0.3 is 12.0 Å². The summed E-state index contributed by atoms with van der Waals surface area (Å²) < 4.78 is 13.4. The quantitative estimate of drug-likeness (QED) is 0.894. The highest BCUT2D eigenvalue weighted by Crippen LogP contribution is 2.20. The number of hydrogen-bond donors (Lipinski definition) is 2. The van der Waals surface area contributed by atoms with E-state index in [0.29, 0.717) is 31.5 Å². The Labute approximate surface area is 122 Å². The van der Waals surface area contributed by atoms with Gasteiger partial charge in [0, 0.05) is 31.6 Å². The van der Waals surface area contributed by atoms with Crippen LogP contribution in [0.5, 0.6) is 0 Å². The van der Waals surface area contributed by atoms with Gasteiger partial charge in [0.15, 0.2) is 0 Å². The van der Waals surface area contributed by atoms with Gasteiger partial charge in [0.1, 0.15) is 5.82 Å². The molecule has 1 aliphatic heterocycles. The number of aliphatic carboxylic acids is 1. The lowest BCUT2D eigenvalue weighted by Gasteiger charge is -2.31. The normalized spacial score (nSPS) is 15.8. The summed E-state index contributed by atoms with van der Waals surface area (Å²) in [4.78, 5) is 24.3. The van der Waals surface area contributed by atoms with Crippen molar-refractivity contribution in [1.29, 1.82) is 0 Å². The van der Waals surface area contributed by atoms with Crippen LogP contribution in [0.25, 0.3) is 0 Å². The summed E-state index contributed by atoms with van der Waals surface area (Å²) in [7, 11) is 0. The lowest BCUT2D eigenvalue weighted by molar-refractivity contribution is -0.138. The third-order valence-corrected chi connectivity index (χ3v) is 3.75. The second kappa shape index (κ2) is 7.06. The van der Waals surface area contributed by atoms with E-state index in [0.717, 1.165) is 0 Å². The van der Waals surface area contributed by atoms with Crippen molar-refractivity contribution in [3.8, 4) is 0 Å². The summed E-state index contributed by atoms with van der Waals surface area (Å²) in [5.74, 6) is -0.992. The lowest BCUT2D eigenvalue weighted by Crippen LogP contribution is -2.44. The van der Waals surface area contributed by atoms with Crippen molar-refractivity contribution in [2.24, 2.45) is 5.92 Å². The molecule has 1 aromatic carbocycles. The molecule has 0 atom stereocenters. The van der Waals surface area contributed by atoms with E-state index in [9.17, 15) is 14.0 Å². The van der Waals surface area contributed by atoms with Gasteiger partial charge in [-0.25, -0.2) is 9.18 Å². The molecule has 1 aromatic rings. The summed E-state index contributed by atoms with van der Waals surface area (Å²) in [6, 6.07) is 6.09. The molecule has 0 saturated carbocycles. The van der Waals surface area contributed by atoms with E-state index in [1.807, 2.05) is 0 Å². The molecule has 0 spiro atoms. The summed E-state index contributed by atoms with van der Waals surface area (Å²) in [5, 5.41) is 11.4. The van der Waals surface area contributed by atoms with Crippen LogP contribution < -0.4 is 5.32 Å². The number of urea groups is 1. The molecule has 2 N–H and O–H groups in total. The van der Waals surface area contributed by atoms with E-state index in [2.05, 4.69) is 5.32 Å². The lowest BCUT2D eigenvalue weighted by atomic mass is 9.94. The van der Waals surface area contributed by atoms with Gasteiger partial charge in [0.25, 0.3) is 0 Å². The molecule has 0 unspecified atom stereocenters. The van der Waals surface area contributed by atoms with E-state index in [1.54, 1.807) is 23.1 Å². The predicted octanol–water partition coefficient (Wildman–Crippen LogP) is 2.22. The smallest absolute Gasteiger partial charge is 0.317 e. The van der Waals surface area contributed by atoms with Crippen LogP contribution in [-0.2, 0) is 11.3 Å². The van der Waals surface area contributed by atoms with Crippen LogP contribution in [0.2, 0.25) is 0 Å². The zero-order valence-corrected chi connectivity index (χ0v) is 11.7. The minimum absolute atomic E-state index is 0.137. The monoisotopic (exact) mass is 294 g/mol. The SMILES string of the molecule is O=C(O)CC1CCN(C(=O)NCc2ccccc2F)CC1. The average molecular weight is 294 g/mol. The molecule has 0 aliphatic carbocycles. The largest absolute Gasteiger partial charge is 0.481 e. The Bertz CT molecular complexity index is 513. The first kappa shape index (κ1) is 15.3. The first-order valence-electron chi connectivity index (χ1n) is 7.04. The molecule has 2 amide bonds.